The van der Waals surface area contributed by atoms with Crippen molar-refractivity contribution in [2.45, 2.75) is 52.5 Å². The van der Waals surface area contributed by atoms with Crippen LogP contribution in [-0.4, -0.2) is 12.0 Å². The molecule has 0 saturated carbocycles. The van der Waals surface area contributed by atoms with Crippen LogP contribution in [0.3, 0.4) is 0 Å². The highest BCUT2D eigenvalue weighted by atomic mass is 15.3. The van der Waals surface area contributed by atoms with E-state index >= 15 is 0 Å². The smallest absolute Gasteiger partial charge is 0.201 e. The minimum atomic E-state index is 0.259. The van der Waals surface area contributed by atoms with E-state index in [4.69, 9.17) is 10.7 Å². The molecule has 3 nitrogen and oxygen atoms in total. The number of anilines is 1. The molecule has 0 unspecified atom stereocenters. The summed E-state index contributed by atoms with van der Waals surface area (Å²) in [6.07, 6.45) is 4.54. The molecule has 0 saturated heterocycles. The Labute approximate surface area is 145 Å². The Kier molecular flexibility index (Phi) is 4.89. The zero-order valence-electron chi connectivity index (χ0n) is 14.9. The molecule has 0 radical (unpaired) electrons. The van der Waals surface area contributed by atoms with E-state index in [-0.39, 0.29) is 6.04 Å². The standard InChI is InChI=1S/C21H27N3/c1-4-16-8-5-11-18(14-16)23-21(22)24(15(2)3)20-13-7-10-17-9-6-12-19(17)20/h5,7-8,10-11,13-15H,4,6,9,12H2,1-3H3,(H2,22,23). The Bertz CT molecular complexity index is 746. The van der Waals surface area contributed by atoms with Crippen LogP contribution in [0.15, 0.2) is 47.5 Å². The second-order valence-corrected chi connectivity index (χ2v) is 6.73. The van der Waals surface area contributed by atoms with Gasteiger partial charge in [0, 0.05) is 11.7 Å². The molecular weight excluding hydrogens is 294 g/mol. The number of aliphatic imine (C=N–C) groups is 1. The van der Waals surface area contributed by atoms with Crippen LogP contribution < -0.4 is 10.6 Å². The molecule has 0 bridgehead atoms. The largest absolute Gasteiger partial charge is 0.369 e. The van der Waals surface area contributed by atoms with Crippen LogP contribution in [0, 0.1) is 0 Å². The predicted octanol–water partition coefficient (Wildman–Crippen LogP) is 4.60. The van der Waals surface area contributed by atoms with Gasteiger partial charge >= 0.3 is 0 Å². The molecule has 0 amide bonds. The van der Waals surface area contributed by atoms with Crippen LogP contribution in [0.2, 0.25) is 0 Å². The van der Waals surface area contributed by atoms with Crippen molar-refractivity contribution in [1.29, 1.82) is 0 Å². The highest BCUT2D eigenvalue weighted by Gasteiger charge is 2.22. The summed E-state index contributed by atoms with van der Waals surface area (Å²) < 4.78 is 0. The monoisotopic (exact) mass is 321 g/mol. The minimum absolute atomic E-state index is 0.259. The molecule has 1 aliphatic carbocycles. The molecule has 126 valence electrons. The Hall–Kier alpha value is -2.29. The van der Waals surface area contributed by atoms with Crippen LogP contribution in [0.1, 0.15) is 43.9 Å². The summed E-state index contributed by atoms with van der Waals surface area (Å²) in [7, 11) is 0. The molecule has 24 heavy (non-hydrogen) atoms. The second-order valence-electron chi connectivity index (χ2n) is 6.73. The third-order valence-corrected chi connectivity index (χ3v) is 4.71. The molecule has 0 aliphatic heterocycles. The fourth-order valence-electron chi connectivity index (χ4n) is 3.52. The summed E-state index contributed by atoms with van der Waals surface area (Å²) >= 11 is 0. The van der Waals surface area contributed by atoms with Crippen molar-refractivity contribution in [3.63, 3.8) is 0 Å². The number of nitrogens with two attached hydrogens (primary N) is 1. The maximum absolute atomic E-state index is 6.44. The molecule has 2 N–H and O–H groups in total. The molecular formula is C21H27N3. The number of aryl methyl sites for hydroxylation is 2. The molecule has 0 aromatic heterocycles. The van der Waals surface area contributed by atoms with Crippen LogP contribution in [0.4, 0.5) is 11.4 Å². The van der Waals surface area contributed by atoms with Gasteiger partial charge in [0.15, 0.2) is 0 Å². The van der Waals surface area contributed by atoms with E-state index in [9.17, 15) is 0 Å². The zero-order chi connectivity index (χ0) is 17.1. The Morgan fingerprint density at radius 2 is 1.96 bits per heavy atom. The van der Waals surface area contributed by atoms with Crippen molar-refractivity contribution < 1.29 is 0 Å². The fraction of sp³-hybridized carbons (Fsp3) is 0.381. The molecule has 3 rings (SSSR count). The molecule has 2 aromatic carbocycles. The number of rotatable bonds is 4. The SMILES string of the molecule is CCc1cccc(N=C(N)N(c2cccc3c2CCC3)C(C)C)c1. The van der Waals surface area contributed by atoms with Crippen LogP contribution in [-0.2, 0) is 19.3 Å². The van der Waals surface area contributed by atoms with E-state index in [2.05, 4.69) is 56.0 Å². The van der Waals surface area contributed by atoms with Crippen molar-refractivity contribution in [2.24, 2.45) is 10.7 Å². The lowest BCUT2D eigenvalue weighted by Crippen LogP contribution is -2.42. The van der Waals surface area contributed by atoms with E-state index < -0.39 is 0 Å². The van der Waals surface area contributed by atoms with Crippen LogP contribution >= 0.6 is 0 Å². The minimum Gasteiger partial charge on any atom is -0.369 e. The lowest BCUT2D eigenvalue weighted by Gasteiger charge is -2.30. The number of benzene rings is 2. The van der Waals surface area contributed by atoms with E-state index in [0.29, 0.717) is 5.96 Å². The summed E-state index contributed by atoms with van der Waals surface area (Å²) in [5.74, 6) is 0.568. The number of hydrogen-bond donors (Lipinski definition) is 1. The molecule has 3 heteroatoms. The molecule has 0 spiro atoms. The summed E-state index contributed by atoms with van der Waals surface area (Å²) in [6.45, 7) is 6.48. The topological polar surface area (TPSA) is 41.6 Å². The highest BCUT2D eigenvalue weighted by molar-refractivity contribution is 5.97. The van der Waals surface area contributed by atoms with Gasteiger partial charge in [-0.15, -0.1) is 0 Å². The molecule has 1 aliphatic rings. The van der Waals surface area contributed by atoms with E-state index in [1.807, 2.05) is 12.1 Å². The van der Waals surface area contributed by atoms with Gasteiger partial charge in [-0.1, -0.05) is 31.2 Å². The highest BCUT2D eigenvalue weighted by Crippen LogP contribution is 2.32. The average molecular weight is 321 g/mol. The van der Waals surface area contributed by atoms with Gasteiger partial charge in [0.2, 0.25) is 5.96 Å². The number of fused-ring (bicyclic) bond motifs is 1. The first-order chi connectivity index (χ1) is 11.6. The van der Waals surface area contributed by atoms with Crippen LogP contribution in [0.25, 0.3) is 0 Å². The summed E-state index contributed by atoms with van der Waals surface area (Å²) in [4.78, 5) is 6.88. The summed E-state index contributed by atoms with van der Waals surface area (Å²) in [5, 5.41) is 0. The van der Waals surface area contributed by atoms with Crippen LogP contribution in [0.5, 0.6) is 0 Å². The predicted molar refractivity (Wildman–Crippen MR) is 103 cm³/mol. The van der Waals surface area contributed by atoms with Gasteiger partial charge in [-0.25, -0.2) is 4.99 Å². The number of hydrogen-bond acceptors (Lipinski definition) is 1. The van der Waals surface area contributed by atoms with Crippen molar-refractivity contribution in [2.75, 3.05) is 4.90 Å². The summed E-state index contributed by atoms with van der Waals surface area (Å²) in [6, 6.07) is 15.1. The van der Waals surface area contributed by atoms with Crippen molar-refractivity contribution in [3.8, 4) is 0 Å². The van der Waals surface area contributed by atoms with Gasteiger partial charge in [0.25, 0.3) is 0 Å². The van der Waals surface area contributed by atoms with Crippen molar-refractivity contribution in [3.05, 3.63) is 59.2 Å². The van der Waals surface area contributed by atoms with E-state index in [0.717, 1.165) is 18.5 Å². The molecule has 0 fully saturated rings. The van der Waals surface area contributed by atoms with E-state index in [1.165, 1.54) is 35.2 Å². The molecule has 0 heterocycles. The quantitative estimate of drug-likeness (QED) is 0.660. The van der Waals surface area contributed by atoms with E-state index in [1.54, 1.807) is 0 Å². The average Bonchev–Trinajstić information content (AvgIpc) is 3.04. The first-order valence-corrected chi connectivity index (χ1v) is 8.93. The normalized spacial score (nSPS) is 14.1. The number of nitrogens with zero attached hydrogens (tertiary/aromatic N) is 2. The van der Waals surface area contributed by atoms with Gasteiger partial charge < -0.3 is 10.6 Å². The maximum atomic E-state index is 6.44. The van der Waals surface area contributed by atoms with Crippen molar-refractivity contribution >= 4 is 17.3 Å². The third-order valence-electron chi connectivity index (χ3n) is 4.71. The fourth-order valence-corrected chi connectivity index (χ4v) is 3.52. The van der Waals surface area contributed by atoms with Crippen molar-refractivity contribution in [1.82, 2.24) is 0 Å². The number of guanidine groups is 1. The van der Waals surface area contributed by atoms with Gasteiger partial charge in [-0.05, 0) is 74.4 Å². The maximum Gasteiger partial charge on any atom is 0.201 e. The lowest BCUT2D eigenvalue weighted by molar-refractivity contribution is 0.796. The van der Waals surface area contributed by atoms with Gasteiger partial charge in [0.05, 0.1) is 5.69 Å². The Balaban J connectivity index is 1.99. The van der Waals surface area contributed by atoms with Gasteiger partial charge in [-0.3, -0.25) is 0 Å². The van der Waals surface area contributed by atoms with Gasteiger partial charge in [0.1, 0.15) is 0 Å². The third kappa shape index (κ3) is 3.30. The molecule has 0 atom stereocenters. The molecule has 2 aromatic rings. The second kappa shape index (κ2) is 7.08. The Morgan fingerprint density at radius 3 is 2.71 bits per heavy atom. The Morgan fingerprint density at radius 1 is 1.17 bits per heavy atom. The first kappa shape index (κ1) is 16.6. The summed E-state index contributed by atoms with van der Waals surface area (Å²) in [5.41, 5.74) is 12.8. The first-order valence-electron chi connectivity index (χ1n) is 8.93. The zero-order valence-corrected chi connectivity index (χ0v) is 14.9. The lowest BCUT2D eigenvalue weighted by atomic mass is 10.1. The van der Waals surface area contributed by atoms with Gasteiger partial charge in [-0.2, -0.15) is 0 Å².